The first-order valence-corrected chi connectivity index (χ1v) is 5.97. The molecule has 1 aliphatic rings. The molecule has 0 saturated carbocycles. The number of nitrogens with two attached hydrogens (primary N) is 2. The summed E-state index contributed by atoms with van der Waals surface area (Å²) >= 11 is 0. The van der Waals surface area contributed by atoms with Crippen molar-refractivity contribution in [3.8, 4) is 0 Å². The van der Waals surface area contributed by atoms with E-state index in [1.54, 1.807) is 12.1 Å². The third-order valence-corrected chi connectivity index (χ3v) is 3.33. The van der Waals surface area contributed by atoms with Crippen LogP contribution in [-0.2, 0) is 4.79 Å². The van der Waals surface area contributed by atoms with Gasteiger partial charge in [0.05, 0.1) is 0 Å². The number of nitrogen functional groups attached to an aromatic ring is 1. The zero-order valence-electron chi connectivity index (χ0n) is 10.3. The van der Waals surface area contributed by atoms with Crippen LogP contribution in [0.25, 0.3) is 0 Å². The number of rotatable bonds is 3. The van der Waals surface area contributed by atoms with Gasteiger partial charge in [0.15, 0.2) is 5.78 Å². The van der Waals surface area contributed by atoms with Gasteiger partial charge >= 0.3 is 0 Å². The van der Waals surface area contributed by atoms with Gasteiger partial charge in [-0.2, -0.15) is 0 Å². The predicted molar refractivity (Wildman–Crippen MR) is 70.4 cm³/mol. The number of hydrogen-bond donors (Lipinski definition) is 2. The molecule has 0 spiro atoms. The number of carbonyl (C=O) groups excluding carboxylic acids is 2. The topological polar surface area (TPSA) is 89.4 Å². The molecule has 0 bridgehead atoms. The minimum Gasteiger partial charge on any atom is -0.398 e. The van der Waals surface area contributed by atoms with Crippen LogP contribution in [0, 0.1) is 0 Å². The Labute approximate surface area is 106 Å². The summed E-state index contributed by atoms with van der Waals surface area (Å²) < 4.78 is 0. The van der Waals surface area contributed by atoms with Crippen molar-refractivity contribution in [1.82, 2.24) is 0 Å². The SMILES string of the molecule is CC(=O)c1cc(N2CCCC2C(N)=O)ccc1N. The molecule has 18 heavy (non-hydrogen) atoms. The Balaban J connectivity index is 2.36. The summed E-state index contributed by atoms with van der Waals surface area (Å²) in [6.45, 7) is 2.25. The summed E-state index contributed by atoms with van der Waals surface area (Å²) in [5.41, 5.74) is 12.9. The van der Waals surface area contributed by atoms with Crippen LogP contribution >= 0.6 is 0 Å². The molecule has 0 aliphatic carbocycles. The van der Waals surface area contributed by atoms with Crippen LogP contribution in [0.4, 0.5) is 11.4 Å². The number of carbonyl (C=O) groups is 2. The first-order chi connectivity index (χ1) is 8.50. The minimum atomic E-state index is -0.325. The van der Waals surface area contributed by atoms with Gasteiger partial charge in [0.25, 0.3) is 0 Å². The second kappa shape index (κ2) is 4.68. The van der Waals surface area contributed by atoms with Gasteiger partial charge in [0, 0.05) is 23.5 Å². The van der Waals surface area contributed by atoms with Gasteiger partial charge in [0.1, 0.15) is 6.04 Å². The standard InChI is InChI=1S/C13H17N3O2/c1-8(17)10-7-9(4-5-11(10)14)16-6-2-3-12(16)13(15)18/h4-5,7,12H,2-3,6,14H2,1H3,(H2,15,18). The van der Waals surface area contributed by atoms with Gasteiger partial charge in [0.2, 0.25) is 5.91 Å². The quantitative estimate of drug-likeness (QED) is 0.614. The van der Waals surface area contributed by atoms with Gasteiger partial charge in [-0.3, -0.25) is 9.59 Å². The molecule has 1 atom stereocenters. The molecule has 1 fully saturated rings. The van der Waals surface area contributed by atoms with E-state index in [4.69, 9.17) is 11.5 Å². The number of benzene rings is 1. The molecular formula is C13H17N3O2. The van der Waals surface area contributed by atoms with Crippen molar-refractivity contribution in [1.29, 1.82) is 0 Å². The monoisotopic (exact) mass is 247 g/mol. The summed E-state index contributed by atoms with van der Waals surface area (Å²) in [5, 5.41) is 0. The first-order valence-electron chi connectivity index (χ1n) is 5.97. The van der Waals surface area contributed by atoms with E-state index in [-0.39, 0.29) is 17.7 Å². The third kappa shape index (κ3) is 2.16. The lowest BCUT2D eigenvalue weighted by atomic mass is 10.1. The average Bonchev–Trinajstić information content (AvgIpc) is 2.78. The molecule has 0 radical (unpaired) electrons. The van der Waals surface area contributed by atoms with E-state index in [9.17, 15) is 9.59 Å². The first kappa shape index (κ1) is 12.4. The van der Waals surface area contributed by atoms with Crippen molar-refractivity contribution in [2.24, 2.45) is 5.73 Å². The fourth-order valence-corrected chi connectivity index (χ4v) is 2.40. The average molecular weight is 247 g/mol. The second-order valence-corrected chi connectivity index (χ2v) is 4.58. The van der Waals surface area contributed by atoms with E-state index in [1.165, 1.54) is 6.92 Å². The van der Waals surface area contributed by atoms with Gasteiger partial charge in [-0.15, -0.1) is 0 Å². The Bertz CT molecular complexity index is 499. The van der Waals surface area contributed by atoms with Crippen LogP contribution in [0.5, 0.6) is 0 Å². The molecule has 1 saturated heterocycles. The zero-order valence-corrected chi connectivity index (χ0v) is 10.3. The number of amides is 1. The van der Waals surface area contributed by atoms with E-state index < -0.39 is 0 Å². The largest absolute Gasteiger partial charge is 0.398 e. The zero-order chi connectivity index (χ0) is 13.3. The smallest absolute Gasteiger partial charge is 0.240 e. The van der Waals surface area contributed by atoms with Crippen molar-refractivity contribution in [3.63, 3.8) is 0 Å². The molecule has 1 aromatic carbocycles. The highest BCUT2D eigenvalue weighted by atomic mass is 16.1. The van der Waals surface area contributed by atoms with Gasteiger partial charge in [-0.05, 0) is 38.0 Å². The van der Waals surface area contributed by atoms with Crippen molar-refractivity contribution >= 4 is 23.1 Å². The normalized spacial score (nSPS) is 18.9. The Kier molecular flexibility index (Phi) is 3.23. The summed E-state index contributed by atoms with van der Waals surface area (Å²) in [7, 11) is 0. The van der Waals surface area contributed by atoms with Crippen molar-refractivity contribution < 1.29 is 9.59 Å². The highest BCUT2D eigenvalue weighted by Crippen LogP contribution is 2.28. The Hall–Kier alpha value is -2.04. The predicted octanol–water partition coefficient (Wildman–Crippen LogP) is 0.925. The lowest BCUT2D eigenvalue weighted by Gasteiger charge is -2.25. The fourth-order valence-electron chi connectivity index (χ4n) is 2.40. The van der Waals surface area contributed by atoms with Gasteiger partial charge in [-0.1, -0.05) is 0 Å². The number of primary amides is 1. The van der Waals surface area contributed by atoms with Crippen LogP contribution in [0.15, 0.2) is 18.2 Å². The number of ketones is 1. The molecule has 1 amide bonds. The van der Waals surface area contributed by atoms with E-state index in [1.807, 2.05) is 11.0 Å². The van der Waals surface area contributed by atoms with E-state index in [0.717, 1.165) is 25.1 Å². The van der Waals surface area contributed by atoms with Crippen LogP contribution < -0.4 is 16.4 Å². The van der Waals surface area contributed by atoms with Crippen LogP contribution in [0.1, 0.15) is 30.1 Å². The molecule has 5 heteroatoms. The van der Waals surface area contributed by atoms with Crippen molar-refractivity contribution in [3.05, 3.63) is 23.8 Å². The molecule has 2 rings (SSSR count). The highest BCUT2D eigenvalue weighted by Gasteiger charge is 2.29. The molecular weight excluding hydrogens is 230 g/mol. The second-order valence-electron chi connectivity index (χ2n) is 4.58. The Morgan fingerprint density at radius 2 is 2.11 bits per heavy atom. The fraction of sp³-hybridized carbons (Fsp3) is 0.385. The van der Waals surface area contributed by atoms with Crippen molar-refractivity contribution in [2.75, 3.05) is 17.2 Å². The molecule has 1 aromatic rings. The van der Waals surface area contributed by atoms with Crippen LogP contribution in [-0.4, -0.2) is 24.3 Å². The highest BCUT2D eigenvalue weighted by molar-refractivity contribution is 6.00. The van der Waals surface area contributed by atoms with E-state index >= 15 is 0 Å². The molecule has 5 nitrogen and oxygen atoms in total. The lowest BCUT2D eigenvalue weighted by molar-refractivity contribution is -0.119. The molecule has 0 aromatic heterocycles. The molecule has 1 unspecified atom stereocenters. The molecule has 4 N–H and O–H groups in total. The Morgan fingerprint density at radius 3 is 2.72 bits per heavy atom. The number of Topliss-reactive ketones (excluding diaryl/α,β-unsaturated/α-hetero) is 1. The summed E-state index contributed by atoms with van der Waals surface area (Å²) in [5.74, 6) is -0.405. The summed E-state index contributed by atoms with van der Waals surface area (Å²) in [4.78, 5) is 24.8. The number of hydrogen-bond acceptors (Lipinski definition) is 4. The Morgan fingerprint density at radius 1 is 1.39 bits per heavy atom. The van der Waals surface area contributed by atoms with Crippen LogP contribution in [0.2, 0.25) is 0 Å². The lowest BCUT2D eigenvalue weighted by Crippen LogP contribution is -2.40. The maximum absolute atomic E-state index is 11.5. The van der Waals surface area contributed by atoms with E-state index in [0.29, 0.717) is 11.3 Å². The third-order valence-electron chi connectivity index (χ3n) is 3.33. The van der Waals surface area contributed by atoms with Gasteiger partial charge < -0.3 is 16.4 Å². The van der Waals surface area contributed by atoms with Crippen molar-refractivity contribution in [2.45, 2.75) is 25.8 Å². The maximum Gasteiger partial charge on any atom is 0.240 e. The molecule has 1 heterocycles. The van der Waals surface area contributed by atoms with E-state index in [2.05, 4.69) is 0 Å². The summed E-state index contributed by atoms with van der Waals surface area (Å²) in [6, 6.07) is 4.97. The summed E-state index contributed by atoms with van der Waals surface area (Å²) in [6.07, 6.45) is 1.68. The minimum absolute atomic E-state index is 0.0795. The van der Waals surface area contributed by atoms with Crippen LogP contribution in [0.3, 0.4) is 0 Å². The number of anilines is 2. The maximum atomic E-state index is 11.5. The molecule has 96 valence electrons. The van der Waals surface area contributed by atoms with Gasteiger partial charge in [-0.25, -0.2) is 0 Å². The number of nitrogens with zero attached hydrogens (tertiary/aromatic N) is 1. The molecule has 1 aliphatic heterocycles.